The standard InChI is InChI=1S/C23H26N2O2/c1-16-5-10-20-19(15-16)22(2,3)23(24-21(26)12-14-25(20)23)13-11-17-6-8-18(27-4)9-7-17/h5-11,13,15H,12,14H2,1-4H3,(H,24,26)/t23-/m1/s1. The monoisotopic (exact) mass is 362 g/mol. The molecule has 0 saturated carbocycles. The molecule has 140 valence electrons. The first-order valence-electron chi connectivity index (χ1n) is 9.40. The number of hydrogen-bond acceptors (Lipinski definition) is 3. The van der Waals surface area contributed by atoms with E-state index in [0.29, 0.717) is 6.42 Å². The van der Waals surface area contributed by atoms with Crippen LogP contribution in [-0.2, 0) is 10.2 Å². The molecule has 1 fully saturated rings. The SMILES string of the molecule is COc1ccc(C=C[C@@]23NC(=O)CCN2c2ccc(C)cc2C3(C)C)cc1. The number of carbonyl (C=O) groups excluding carboxylic acids is 1. The van der Waals surface area contributed by atoms with Crippen molar-refractivity contribution in [2.24, 2.45) is 0 Å². The van der Waals surface area contributed by atoms with Crippen LogP contribution in [-0.4, -0.2) is 25.2 Å². The third-order valence-corrected chi connectivity index (χ3v) is 6.02. The highest BCUT2D eigenvalue weighted by Gasteiger charge is 2.57. The Bertz CT molecular complexity index is 914. The summed E-state index contributed by atoms with van der Waals surface area (Å²) in [4.78, 5) is 14.8. The summed E-state index contributed by atoms with van der Waals surface area (Å²) in [5.41, 5.74) is 3.98. The van der Waals surface area contributed by atoms with E-state index >= 15 is 0 Å². The van der Waals surface area contributed by atoms with Crippen molar-refractivity contribution in [2.75, 3.05) is 18.6 Å². The zero-order valence-corrected chi connectivity index (χ0v) is 16.4. The normalized spacial score (nSPS) is 23.1. The Morgan fingerprint density at radius 2 is 1.89 bits per heavy atom. The molecule has 2 aromatic rings. The Labute approximate surface area is 160 Å². The molecule has 2 heterocycles. The smallest absolute Gasteiger partial charge is 0.223 e. The van der Waals surface area contributed by atoms with E-state index in [-0.39, 0.29) is 11.3 Å². The van der Waals surface area contributed by atoms with Crippen molar-refractivity contribution in [2.45, 2.75) is 38.3 Å². The van der Waals surface area contributed by atoms with Gasteiger partial charge in [0.15, 0.2) is 0 Å². The zero-order valence-electron chi connectivity index (χ0n) is 16.4. The van der Waals surface area contributed by atoms with E-state index in [9.17, 15) is 4.79 Å². The molecule has 2 aromatic carbocycles. The molecule has 0 aromatic heterocycles. The fraction of sp³-hybridized carbons (Fsp3) is 0.348. The average molecular weight is 362 g/mol. The predicted octanol–water partition coefficient (Wildman–Crippen LogP) is 4.03. The molecule has 0 radical (unpaired) electrons. The molecule has 0 spiro atoms. The minimum Gasteiger partial charge on any atom is -0.497 e. The van der Waals surface area contributed by atoms with Gasteiger partial charge in [-0.3, -0.25) is 4.79 Å². The Hall–Kier alpha value is -2.75. The number of hydrogen-bond donors (Lipinski definition) is 1. The van der Waals surface area contributed by atoms with E-state index in [1.807, 2.05) is 24.3 Å². The quantitative estimate of drug-likeness (QED) is 0.896. The lowest BCUT2D eigenvalue weighted by atomic mass is 9.74. The molecule has 2 aliphatic rings. The van der Waals surface area contributed by atoms with Crippen LogP contribution in [0.1, 0.15) is 37.0 Å². The van der Waals surface area contributed by atoms with Crippen molar-refractivity contribution >= 4 is 17.7 Å². The summed E-state index contributed by atoms with van der Waals surface area (Å²) in [5.74, 6) is 0.935. The fourth-order valence-corrected chi connectivity index (χ4v) is 4.40. The number of ether oxygens (including phenoxy) is 1. The molecule has 1 N–H and O–H groups in total. The number of nitrogens with zero attached hydrogens (tertiary/aromatic N) is 1. The molecule has 4 rings (SSSR count). The van der Waals surface area contributed by atoms with E-state index in [1.165, 1.54) is 16.8 Å². The first-order valence-corrected chi connectivity index (χ1v) is 9.40. The Kier molecular flexibility index (Phi) is 4.02. The number of anilines is 1. The van der Waals surface area contributed by atoms with Crippen LogP contribution in [0.4, 0.5) is 5.69 Å². The van der Waals surface area contributed by atoms with Gasteiger partial charge >= 0.3 is 0 Å². The summed E-state index contributed by atoms with van der Waals surface area (Å²) in [6, 6.07) is 14.5. The number of methoxy groups -OCH3 is 1. The summed E-state index contributed by atoms with van der Waals surface area (Å²) in [6.07, 6.45) is 4.77. The summed E-state index contributed by atoms with van der Waals surface area (Å²) in [5, 5.41) is 3.32. The number of carbonyl (C=O) groups is 1. The minimum absolute atomic E-state index is 0.100. The highest BCUT2D eigenvalue weighted by Crippen LogP contribution is 2.52. The van der Waals surface area contributed by atoms with Gasteiger partial charge in [-0.2, -0.15) is 0 Å². The molecule has 2 aliphatic heterocycles. The lowest BCUT2D eigenvalue weighted by Gasteiger charge is -2.49. The van der Waals surface area contributed by atoms with Crippen LogP contribution >= 0.6 is 0 Å². The largest absolute Gasteiger partial charge is 0.497 e. The van der Waals surface area contributed by atoms with Gasteiger partial charge in [0.05, 0.1) is 7.11 Å². The maximum absolute atomic E-state index is 12.4. The molecule has 1 saturated heterocycles. The van der Waals surface area contributed by atoms with E-state index in [2.05, 4.69) is 61.3 Å². The van der Waals surface area contributed by atoms with E-state index in [0.717, 1.165) is 17.9 Å². The summed E-state index contributed by atoms with van der Waals surface area (Å²) in [6.45, 7) is 7.27. The van der Waals surface area contributed by atoms with Crippen molar-refractivity contribution in [1.29, 1.82) is 0 Å². The van der Waals surface area contributed by atoms with Gasteiger partial charge in [-0.25, -0.2) is 0 Å². The number of amides is 1. The first-order chi connectivity index (χ1) is 12.9. The van der Waals surface area contributed by atoms with Crippen LogP contribution in [0.15, 0.2) is 48.5 Å². The van der Waals surface area contributed by atoms with Gasteiger partial charge in [0.25, 0.3) is 0 Å². The van der Waals surface area contributed by atoms with Gasteiger partial charge in [0, 0.05) is 24.1 Å². The highest BCUT2D eigenvalue weighted by molar-refractivity contribution is 5.84. The molecular weight excluding hydrogens is 336 g/mol. The molecule has 0 unspecified atom stereocenters. The van der Waals surface area contributed by atoms with Crippen molar-refractivity contribution in [3.05, 3.63) is 65.2 Å². The van der Waals surface area contributed by atoms with Crippen molar-refractivity contribution in [3.8, 4) is 5.75 Å². The summed E-state index contributed by atoms with van der Waals surface area (Å²) < 4.78 is 5.24. The highest BCUT2D eigenvalue weighted by atomic mass is 16.5. The second-order valence-electron chi connectivity index (χ2n) is 7.97. The molecule has 0 aliphatic carbocycles. The van der Waals surface area contributed by atoms with Crippen LogP contribution in [0.25, 0.3) is 6.08 Å². The molecule has 4 nitrogen and oxygen atoms in total. The molecule has 1 atom stereocenters. The summed E-state index contributed by atoms with van der Waals surface area (Å²) >= 11 is 0. The Morgan fingerprint density at radius 3 is 2.59 bits per heavy atom. The third-order valence-electron chi connectivity index (χ3n) is 6.02. The zero-order chi connectivity index (χ0) is 19.2. The minimum atomic E-state index is -0.571. The Balaban J connectivity index is 1.81. The van der Waals surface area contributed by atoms with Crippen LogP contribution in [0.5, 0.6) is 5.75 Å². The van der Waals surface area contributed by atoms with Crippen LogP contribution in [0, 0.1) is 6.92 Å². The summed E-state index contributed by atoms with van der Waals surface area (Å²) in [7, 11) is 1.67. The van der Waals surface area contributed by atoms with Gasteiger partial charge in [0.2, 0.25) is 5.91 Å². The maximum Gasteiger partial charge on any atom is 0.223 e. The topological polar surface area (TPSA) is 41.6 Å². The number of rotatable bonds is 3. The molecule has 1 amide bonds. The molecule has 0 bridgehead atoms. The predicted molar refractivity (Wildman–Crippen MR) is 109 cm³/mol. The van der Waals surface area contributed by atoms with Gasteiger partial charge in [-0.05, 0) is 42.3 Å². The maximum atomic E-state index is 12.4. The number of fused-ring (bicyclic) bond motifs is 3. The van der Waals surface area contributed by atoms with E-state index in [1.54, 1.807) is 7.11 Å². The number of aryl methyl sites for hydroxylation is 1. The van der Waals surface area contributed by atoms with E-state index in [4.69, 9.17) is 4.74 Å². The van der Waals surface area contributed by atoms with Gasteiger partial charge in [-0.1, -0.05) is 49.8 Å². The Morgan fingerprint density at radius 1 is 1.15 bits per heavy atom. The number of nitrogens with one attached hydrogen (secondary N) is 1. The molecule has 4 heteroatoms. The van der Waals surface area contributed by atoms with Crippen LogP contribution in [0.3, 0.4) is 0 Å². The second kappa shape index (κ2) is 6.15. The van der Waals surface area contributed by atoms with Crippen molar-refractivity contribution in [3.63, 3.8) is 0 Å². The van der Waals surface area contributed by atoms with Crippen molar-refractivity contribution < 1.29 is 9.53 Å². The number of benzene rings is 2. The second-order valence-corrected chi connectivity index (χ2v) is 7.97. The van der Waals surface area contributed by atoms with E-state index < -0.39 is 5.66 Å². The lowest BCUT2D eigenvalue weighted by Crippen LogP contribution is -2.68. The van der Waals surface area contributed by atoms with Crippen molar-refractivity contribution in [1.82, 2.24) is 5.32 Å². The average Bonchev–Trinajstić information content (AvgIpc) is 2.84. The lowest BCUT2D eigenvalue weighted by molar-refractivity contribution is -0.124. The molecular formula is C23H26N2O2. The van der Waals surface area contributed by atoms with Gasteiger partial charge < -0.3 is 15.0 Å². The van der Waals surface area contributed by atoms with Gasteiger partial charge in [0.1, 0.15) is 11.4 Å². The van der Waals surface area contributed by atoms with Gasteiger partial charge in [-0.15, -0.1) is 0 Å². The van der Waals surface area contributed by atoms with Crippen LogP contribution < -0.4 is 15.0 Å². The van der Waals surface area contributed by atoms with Crippen LogP contribution in [0.2, 0.25) is 0 Å². The first kappa shape index (κ1) is 17.7. The molecule has 27 heavy (non-hydrogen) atoms. The third kappa shape index (κ3) is 2.62. The fourth-order valence-electron chi connectivity index (χ4n) is 4.40.